The first-order valence-corrected chi connectivity index (χ1v) is 6.42. The molecule has 1 aromatic carbocycles. The Morgan fingerprint density at radius 1 is 1.15 bits per heavy atom. The maximum atomic E-state index is 10.8. The Bertz CT molecular complexity index is 624. The first kappa shape index (κ1) is 14.0. The lowest BCUT2D eigenvalue weighted by molar-refractivity contribution is -0.385. The number of anilines is 1. The van der Waals surface area contributed by atoms with Crippen LogP contribution in [0.1, 0.15) is 29.8 Å². The summed E-state index contributed by atoms with van der Waals surface area (Å²) in [4.78, 5) is 14.6. The van der Waals surface area contributed by atoms with Crippen molar-refractivity contribution in [2.24, 2.45) is 0 Å². The lowest BCUT2D eigenvalue weighted by Gasteiger charge is -2.15. The maximum absolute atomic E-state index is 10.8. The standard InChI is InChI=1S/C15H17N3O2/c1-10-4-6-13(7-5-10)11(2)16-15-9-8-14(18(19)20)12(3)17-15/h4-9,11H,1-3H3,(H,16,17). The van der Waals surface area contributed by atoms with Crippen LogP contribution < -0.4 is 5.32 Å². The quantitative estimate of drug-likeness (QED) is 0.678. The van der Waals surface area contributed by atoms with E-state index in [1.165, 1.54) is 11.6 Å². The molecular weight excluding hydrogens is 254 g/mol. The van der Waals surface area contributed by atoms with Crippen molar-refractivity contribution in [1.82, 2.24) is 4.98 Å². The highest BCUT2D eigenvalue weighted by Crippen LogP contribution is 2.22. The van der Waals surface area contributed by atoms with Gasteiger partial charge in [-0.3, -0.25) is 10.1 Å². The lowest BCUT2D eigenvalue weighted by Crippen LogP contribution is -2.08. The summed E-state index contributed by atoms with van der Waals surface area (Å²) in [5.74, 6) is 0.640. The predicted octanol–water partition coefficient (Wildman–Crippen LogP) is 3.78. The third kappa shape index (κ3) is 3.12. The first-order valence-electron chi connectivity index (χ1n) is 6.42. The first-order chi connectivity index (χ1) is 9.47. The van der Waals surface area contributed by atoms with E-state index in [1.807, 2.05) is 13.8 Å². The zero-order valence-electron chi connectivity index (χ0n) is 11.8. The van der Waals surface area contributed by atoms with Gasteiger partial charge in [0.25, 0.3) is 5.69 Å². The molecule has 0 bridgehead atoms. The smallest absolute Gasteiger partial charge is 0.290 e. The molecule has 5 heteroatoms. The minimum absolute atomic E-state index is 0.0403. The van der Waals surface area contributed by atoms with E-state index in [2.05, 4.69) is 34.6 Å². The van der Waals surface area contributed by atoms with Gasteiger partial charge in [-0.1, -0.05) is 29.8 Å². The van der Waals surface area contributed by atoms with Crippen LogP contribution in [0, 0.1) is 24.0 Å². The van der Waals surface area contributed by atoms with Gasteiger partial charge >= 0.3 is 0 Å². The second kappa shape index (κ2) is 5.69. The molecule has 0 radical (unpaired) electrons. The van der Waals surface area contributed by atoms with Crippen LogP contribution in [0.5, 0.6) is 0 Å². The Morgan fingerprint density at radius 2 is 1.80 bits per heavy atom. The summed E-state index contributed by atoms with van der Waals surface area (Å²) in [7, 11) is 0. The van der Waals surface area contributed by atoms with Crippen molar-refractivity contribution in [2.75, 3.05) is 5.32 Å². The van der Waals surface area contributed by atoms with Gasteiger partial charge in [0.2, 0.25) is 0 Å². The number of benzene rings is 1. The molecule has 0 saturated carbocycles. The fraction of sp³-hybridized carbons (Fsp3) is 0.267. The zero-order valence-corrected chi connectivity index (χ0v) is 11.8. The summed E-state index contributed by atoms with van der Waals surface area (Å²) in [5.41, 5.74) is 2.81. The van der Waals surface area contributed by atoms with E-state index in [9.17, 15) is 10.1 Å². The number of hydrogen-bond acceptors (Lipinski definition) is 4. The maximum Gasteiger partial charge on any atom is 0.290 e. The van der Waals surface area contributed by atoms with Gasteiger partial charge in [-0.15, -0.1) is 0 Å². The van der Waals surface area contributed by atoms with Crippen molar-refractivity contribution in [2.45, 2.75) is 26.8 Å². The van der Waals surface area contributed by atoms with Gasteiger partial charge in [-0.2, -0.15) is 0 Å². The molecule has 0 aliphatic rings. The third-order valence-corrected chi connectivity index (χ3v) is 3.20. The van der Waals surface area contributed by atoms with Gasteiger partial charge in [0.05, 0.1) is 4.92 Å². The van der Waals surface area contributed by atoms with Crippen LogP contribution in [0.25, 0.3) is 0 Å². The summed E-state index contributed by atoms with van der Waals surface area (Å²) in [6.07, 6.45) is 0. The highest BCUT2D eigenvalue weighted by atomic mass is 16.6. The van der Waals surface area contributed by atoms with Crippen molar-refractivity contribution in [1.29, 1.82) is 0 Å². The van der Waals surface area contributed by atoms with Crippen molar-refractivity contribution >= 4 is 11.5 Å². The molecule has 1 atom stereocenters. The van der Waals surface area contributed by atoms with Gasteiger partial charge in [-0.25, -0.2) is 4.98 Å². The van der Waals surface area contributed by atoms with E-state index >= 15 is 0 Å². The van der Waals surface area contributed by atoms with Crippen LogP contribution in [0.4, 0.5) is 11.5 Å². The van der Waals surface area contributed by atoms with Crippen LogP contribution in [0.3, 0.4) is 0 Å². The van der Waals surface area contributed by atoms with Crippen molar-refractivity contribution < 1.29 is 4.92 Å². The Balaban J connectivity index is 2.15. The van der Waals surface area contributed by atoms with Crippen LogP contribution in [0.15, 0.2) is 36.4 Å². The minimum atomic E-state index is -0.421. The number of aryl methyl sites for hydroxylation is 2. The van der Waals surface area contributed by atoms with E-state index < -0.39 is 4.92 Å². The topological polar surface area (TPSA) is 68.1 Å². The largest absolute Gasteiger partial charge is 0.364 e. The molecule has 1 unspecified atom stereocenters. The Labute approximate surface area is 117 Å². The number of aromatic nitrogens is 1. The average Bonchev–Trinajstić information content (AvgIpc) is 2.39. The van der Waals surface area contributed by atoms with Crippen LogP contribution >= 0.6 is 0 Å². The summed E-state index contributed by atoms with van der Waals surface area (Å²) >= 11 is 0. The summed E-state index contributed by atoms with van der Waals surface area (Å²) in [5, 5.41) is 14.0. The fourth-order valence-corrected chi connectivity index (χ4v) is 1.99. The van der Waals surface area contributed by atoms with Crippen molar-refractivity contribution in [3.05, 3.63) is 63.3 Å². The highest BCUT2D eigenvalue weighted by molar-refractivity contribution is 5.46. The lowest BCUT2D eigenvalue weighted by atomic mass is 10.1. The number of nitrogens with one attached hydrogen (secondary N) is 1. The van der Waals surface area contributed by atoms with E-state index in [-0.39, 0.29) is 11.7 Å². The van der Waals surface area contributed by atoms with Crippen molar-refractivity contribution in [3.8, 4) is 0 Å². The molecule has 5 nitrogen and oxygen atoms in total. The van der Waals surface area contributed by atoms with Crippen LogP contribution in [-0.4, -0.2) is 9.91 Å². The Morgan fingerprint density at radius 3 is 2.35 bits per heavy atom. The van der Waals surface area contributed by atoms with Gasteiger partial charge in [-0.05, 0) is 32.4 Å². The highest BCUT2D eigenvalue weighted by Gasteiger charge is 2.13. The molecule has 0 aliphatic carbocycles. The number of hydrogen-bond donors (Lipinski definition) is 1. The minimum Gasteiger partial charge on any atom is -0.364 e. The van der Waals surface area contributed by atoms with Gasteiger partial charge in [0.1, 0.15) is 11.5 Å². The average molecular weight is 271 g/mol. The summed E-state index contributed by atoms with van der Waals surface area (Å²) in [6, 6.07) is 11.4. The second-order valence-electron chi connectivity index (χ2n) is 4.83. The van der Waals surface area contributed by atoms with E-state index in [1.54, 1.807) is 13.0 Å². The monoisotopic (exact) mass is 271 g/mol. The van der Waals surface area contributed by atoms with E-state index in [0.717, 1.165) is 5.56 Å². The molecule has 2 aromatic rings. The number of rotatable bonds is 4. The molecule has 0 amide bonds. The number of nitro groups is 1. The second-order valence-corrected chi connectivity index (χ2v) is 4.83. The Hall–Kier alpha value is -2.43. The molecular formula is C15H17N3O2. The fourth-order valence-electron chi connectivity index (χ4n) is 1.99. The molecule has 0 saturated heterocycles. The summed E-state index contributed by atoms with van der Waals surface area (Å²) in [6.45, 7) is 5.71. The number of pyridine rings is 1. The van der Waals surface area contributed by atoms with Crippen LogP contribution in [0.2, 0.25) is 0 Å². The van der Waals surface area contributed by atoms with Crippen molar-refractivity contribution in [3.63, 3.8) is 0 Å². The molecule has 1 N–H and O–H groups in total. The summed E-state index contributed by atoms with van der Waals surface area (Å²) < 4.78 is 0. The number of nitrogens with zero attached hydrogens (tertiary/aromatic N) is 2. The Kier molecular flexibility index (Phi) is 3.98. The molecule has 0 fully saturated rings. The zero-order chi connectivity index (χ0) is 14.7. The van der Waals surface area contributed by atoms with Gasteiger partial charge in [0, 0.05) is 12.1 Å². The molecule has 20 heavy (non-hydrogen) atoms. The molecule has 1 aromatic heterocycles. The van der Waals surface area contributed by atoms with Gasteiger partial charge in [0.15, 0.2) is 0 Å². The van der Waals surface area contributed by atoms with Gasteiger partial charge < -0.3 is 5.32 Å². The molecule has 0 spiro atoms. The normalized spacial score (nSPS) is 11.9. The molecule has 104 valence electrons. The SMILES string of the molecule is Cc1ccc(C(C)Nc2ccc([N+](=O)[O-])c(C)n2)cc1. The van der Waals surface area contributed by atoms with E-state index in [4.69, 9.17) is 0 Å². The molecule has 2 rings (SSSR count). The van der Waals surface area contributed by atoms with E-state index in [0.29, 0.717) is 11.5 Å². The van der Waals surface area contributed by atoms with Crippen LogP contribution in [-0.2, 0) is 0 Å². The predicted molar refractivity (Wildman–Crippen MR) is 78.8 cm³/mol. The molecule has 0 aliphatic heterocycles. The molecule has 1 heterocycles. The third-order valence-electron chi connectivity index (χ3n) is 3.20.